The van der Waals surface area contributed by atoms with E-state index in [0.29, 0.717) is 6.61 Å². The molecule has 2 rings (SSSR count). The lowest BCUT2D eigenvalue weighted by Gasteiger charge is -2.12. The van der Waals surface area contributed by atoms with Gasteiger partial charge in [-0.25, -0.2) is 4.98 Å². The standard InChI is InChI=1S/C18H24N2O2S/c1-5-18-20-15(12-23-18)10-19-9-14-6-7-16(21-4)17(8-14)22-11-13(2)3/h6-8,12,19H,2,5,9-11H2,1,3-4H3. The minimum absolute atomic E-state index is 0.492. The SMILES string of the molecule is C=C(C)COc1cc(CNCc2csc(CC)n2)ccc1OC. The highest BCUT2D eigenvalue weighted by Crippen LogP contribution is 2.28. The first-order chi connectivity index (χ1) is 11.1. The number of aryl methyl sites for hydroxylation is 1. The van der Waals surface area contributed by atoms with Crippen LogP contribution in [0.2, 0.25) is 0 Å². The van der Waals surface area contributed by atoms with E-state index in [4.69, 9.17) is 9.47 Å². The van der Waals surface area contributed by atoms with Crippen LogP contribution in [0.5, 0.6) is 11.5 Å². The van der Waals surface area contributed by atoms with Crippen molar-refractivity contribution in [1.82, 2.24) is 10.3 Å². The second-order valence-corrected chi connectivity index (χ2v) is 6.36. The number of thiazole rings is 1. The van der Waals surface area contributed by atoms with Crippen LogP contribution in [-0.4, -0.2) is 18.7 Å². The summed E-state index contributed by atoms with van der Waals surface area (Å²) in [5, 5.41) is 6.71. The third-order valence-corrected chi connectivity index (χ3v) is 4.28. The average molecular weight is 332 g/mol. The van der Waals surface area contributed by atoms with Crippen LogP contribution in [-0.2, 0) is 19.5 Å². The summed E-state index contributed by atoms with van der Waals surface area (Å²) in [6, 6.07) is 5.98. The highest BCUT2D eigenvalue weighted by atomic mass is 32.1. The first-order valence-electron chi connectivity index (χ1n) is 7.70. The summed E-state index contributed by atoms with van der Waals surface area (Å²) in [6.45, 7) is 9.94. The molecule has 0 aliphatic heterocycles. The molecular formula is C18H24N2O2S. The summed E-state index contributed by atoms with van der Waals surface area (Å²) in [5.74, 6) is 1.49. The van der Waals surface area contributed by atoms with Crippen molar-refractivity contribution in [1.29, 1.82) is 0 Å². The van der Waals surface area contributed by atoms with E-state index in [1.165, 1.54) is 5.01 Å². The van der Waals surface area contributed by atoms with Crippen molar-refractivity contribution in [2.45, 2.75) is 33.4 Å². The molecule has 0 aliphatic carbocycles. The molecule has 2 aromatic rings. The Morgan fingerprint density at radius 1 is 1.30 bits per heavy atom. The number of methoxy groups -OCH3 is 1. The fourth-order valence-corrected chi connectivity index (χ4v) is 2.82. The van der Waals surface area contributed by atoms with Gasteiger partial charge in [0, 0.05) is 18.5 Å². The van der Waals surface area contributed by atoms with Crippen LogP contribution in [0, 0.1) is 0 Å². The summed E-state index contributed by atoms with van der Waals surface area (Å²) in [7, 11) is 1.65. The molecule has 0 amide bonds. The first-order valence-corrected chi connectivity index (χ1v) is 8.58. The number of hydrogen-bond acceptors (Lipinski definition) is 5. The molecule has 0 unspecified atom stereocenters. The normalized spacial score (nSPS) is 10.6. The summed E-state index contributed by atoms with van der Waals surface area (Å²) < 4.78 is 11.1. The van der Waals surface area contributed by atoms with Gasteiger partial charge in [-0.05, 0) is 36.6 Å². The molecule has 0 saturated carbocycles. The van der Waals surface area contributed by atoms with E-state index in [2.05, 4.69) is 29.2 Å². The highest BCUT2D eigenvalue weighted by molar-refractivity contribution is 7.09. The van der Waals surface area contributed by atoms with Gasteiger partial charge in [0.25, 0.3) is 0 Å². The maximum atomic E-state index is 5.75. The Morgan fingerprint density at radius 3 is 2.78 bits per heavy atom. The van der Waals surface area contributed by atoms with Crippen LogP contribution >= 0.6 is 11.3 Å². The van der Waals surface area contributed by atoms with Crippen molar-refractivity contribution in [3.05, 3.63) is 52.0 Å². The van der Waals surface area contributed by atoms with Crippen molar-refractivity contribution in [2.75, 3.05) is 13.7 Å². The third kappa shape index (κ3) is 5.37. The zero-order valence-electron chi connectivity index (χ0n) is 14.0. The van der Waals surface area contributed by atoms with Gasteiger partial charge in [0.05, 0.1) is 17.8 Å². The summed E-state index contributed by atoms with van der Waals surface area (Å²) in [6.07, 6.45) is 0.993. The molecule has 0 spiro atoms. The van der Waals surface area contributed by atoms with Gasteiger partial charge in [0.2, 0.25) is 0 Å². The zero-order valence-corrected chi connectivity index (χ0v) is 14.8. The van der Waals surface area contributed by atoms with Crippen LogP contribution in [0.3, 0.4) is 0 Å². The summed E-state index contributed by atoms with van der Waals surface area (Å²) in [5.41, 5.74) is 3.22. The van der Waals surface area contributed by atoms with Crippen molar-refractivity contribution in [3.63, 3.8) is 0 Å². The molecule has 1 N–H and O–H groups in total. The minimum Gasteiger partial charge on any atom is -0.493 e. The Bertz CT molecular complexity index is 652. The molecule has 0 bridgehead atoms. The predicted molar refractivity (Wildman–Crippen MR) is 95.3 cm³/mol. The molecule has 0 radical (unpaired) electrons. The monoisotopic (exact) mass is 332 g/mol. The van der Waals surface area contributed by atoms with Gasteiger partial charge in [-0.1, -0.05) is 19.6 Å². The number of ether oxygens (including phenoxy) is 2. The topological polar surface area (TPSA) is 43.4 Å². The van der Waals surface area contributed by atoms with Crippen molar-refractivity contribution in [2.24, 2.45) is 0 Å². The van der Waals surface area contributed by atoms with Crippen LogP contribution in [0.25, 0.3) is 0 Å². The molecule has 124 valence electrons. The molecule has 4 nitrogen and oxygen atoms in total. The Kier molecular flexibility index (Phi) is 6.62. The van der Waals surface area contributed by atoms with Gasteiger partial charge in [-0.15, -0.1) is 11.3 Å². The average Bonchev–Trinajstić information content (AvgIpc) is 3.01. The number of nitrogens with zero attached hydrogens (tertiary/aromatic N) is 1. The minimum atomic E-state index is 0.492. The van der Waals surface area contributed by atoms with Gasteiger partial charge >= 0.3 is 0 Å². The van der Waals surface area contributed by atoms with Crippen LogP contribution in [0.4, 0.5) is 0 Å². The lowest BCUT2D eigenvalue weighted by Crippen LogP contribution is -2.13. The number of rotatable bonds is 9. The molecule has 5 heteroatoms. The van der Waals surface area contributed by atoms with Crippen LogP contribution < -0.4 is 14.8 Å². The Balaban J connectivity index is 1.93. The van der Waals surface area contributed by atoms with Gasteiger partial charge in [0.15, 0.2) is 11.5 Å². The fourth-order valence-electron chi connectivity index (χ4n) is 2.07. The number of aromatic nitrogens is 1. The number of benzene rings is 1. The summed E-state index contributed by atoms with van der Waals surface area (Å²) in [4.78, 5) is 4.56. The molecule has 0 atom stereocenters. The second-order valence-electron chi connectivity index (χ2n) is 5.42. The molecule has 0 aliphatic rings. The van der Waals surface area contributed by atoms with Gasteiger partial charge in [-0.3, -0.25) is 0 Å². The summed E-state index contributed by atoms with van der Waals surface area (Å²) >= 11 is 1.72. The fraction of sp³-hybridized carbons (Fsp3) is 0.389. The number of nitrogens with one attached hydrogen (secondary N) is 1. The van der Waals surface area contributed by atoms with E-state index in [0.717, 1.165) is 47.8 Å². The first kappa shape index (κ1) is 17.5. The van der Waals surface area contributed by atoms with Gasteiger partial charge < -0.3 is 14.8 Å². The number of hydrogen-bond donors (Lipinski definition) is 1. The Labute approximate surface area is 142 Å². The van der Waals surface area contributed by atoms with Gasteiger partial charge in [0.1, 0.15) is 6.61 Å². The molecule has 0 fully saturated rings. The van der Waals surface area contributed by atoms with Crippen molar-refractivity contribution in [3.8, 4) is 11.5 Å². The lowest BCUT2D eigenvalue weighted by atomic mass is 10.2. The van der Waals surface area contributed by atoms with E-state index < -0.39 is 0 Å². The zero-order chi connectivity index (χ0) is 16.7. The highest BCUT2D eigenvalue weighted by Gasteiger charge is 2.06. The Hall–Kier alpha value is -1.85. The molecule has 23 heavy (non-hydrogen) atoms. The lowest BCUT2D eigenvalue weighted by molar-refractivity contribution is 0.319. The molecule has 0 saturated heterocycles. The second kappa shape index (κ2) is 8.70. The maximum Gasteiger partial charge on any atom is 0.161 e. The van der Waals surface area contributed by atoms with Crippen molar-refractivity contribution < 1.29 is 9.47 Å². The molecule has 1 aromatic carbocycles. The molecule has 1 heterocycles. The molecular weight excluding hydrogens is 308 g/mol. The molecule has 1 aromatic heterocycles. The van der Waals surface area contributed by atoms with Crippen LogP contribution in [0.15, 0.2) is 35.7 Å². The Morgan fingerprint density at radius 2 is 2.13 bits per heavy atom. The maximum absolute atomic E-state index is 5.75. The predicted octanol–water partition coefficient (Wildman–Crippen LogP) is 3.96. The van der Waals surface area contributed by atoms with Crippen LogP contribution in [0.1, 0.15) is 30.1 Å². The third-order valence-electron chi connectivity index (χ3n) is 3.24. The van der Waals surface area contributed by atoms with E-state index in [1.54, 1.807) is 18.4 Å². The van der Waals surface area contributed by atoms with Gasteiger partial charge in [-0.2, -0.15) is 0 Å². The van der Waals surface area contributed by atoms with E-state index in [9.17, 15) is 0 Å². The quantitative estimate of drug-likeness (QED) is 0.706. The van der Waals surface area contributed by atoms with Crippen molar-refractivity contribution >= 4 is 11.3 Å². The largest absolute Gasteiger partial charge is 0.493 e. The van der Waals surface area contributed by atoms with E-state index in [-0.39, 0.29) is 0 Å². The van der Waals surface area contributed by atoms with E-state index in [1.807, 2.05) is 25.1 Å². The van der Waals surface area contributed by atoms with E-state index >= 15 is 0 Å². The smallest absolute Gasteiger partial charge is 0.161 e.